The van der Waals surface area contributed by atoms with E-state index in [1.807, 2.05) is 12.1 Å². The first-order chi connectivity index (χ1) is 7.33. The summed E-state index contributed by atoms with van der Waals surface area (Å²) in [4.78, 5) is 8.89. The molecule has 15 heavy (non-hydrogen) atoms. The molecule has 1 aliphatic carbocycles. The van der Waals surface area contributed by atoms with Crippen LogP contribution in [-0.2, 0) is 0 Å². The minimum atomic E-state index is 0.688. The molecular formula is C11H10N2S2. The van der Waals surface area contributed by atoms with E-state index in [0.717, 1.165) is 10.7 Å². The molecule has 76 valence electrons. The molecule has 0 atom stereocenters. The first-order valence-corrected chi connectivity index (χ1v) is 6.27. The van der Waals surface area contributed by atoms with E-state index in [4.69, 9.17) is 12.2 Å². The smallest absolute Gasteiger partial charge is 0.149 e. The summed E-state index contributed by atoms with van der Waals surface area (Å²) in [5.74, 6) is 1.60. The molecule has 0 radical (unpaired) electrons. The third-order valence-corrected chi connectivity index (χ3v) is 3.62. The van der Waals surface area contributed by atoms with Crippen molar-refractivity contribution in [3.05, 3.63) is 33.9 Å². The largest absolute Gasteiger partial charge is 0.342 e. The first kappa shape index (κ1) is 9.24. The molecule has 4 heteroatoms. The fraction of sp³-hybridized carbons (Fsp3) is 0.273. The Kier molecular flexibility index (Phi) is 2.18. The average Bonchev–Trinajstić information content (AvgIpc) is 2.93. The van der Waals surface area contributed by atoms with Crippen LogP contribution in [0.3, 0.4) is 0 Å². The van der Waals surface area contributed by atoms with Crippen molar-refractivity contribution >= 4 is 23.6 Å². The van der Waals surface area contributed by atoms with Gasteiger partial charge in [-0.15, -0.1) is 11.3 Å². The zero-order valence-corrected chi connectivity index (χ0v) is 9.70. The van der Waals surface area contributed by atoms with Gasteiger partial charge in [-0.25, -0.2) is 4.98 Å². The van der Waals surface area contributed by atoms with Crippen LogP contribution in [0.15, 0.2) is 23.6 Å². The lowest BCUT2D eigenvalue weighted by Crippen LogP contribution is -1.93. The van der Waals surface area contributed by atoms with Gasteiger partial charge >= 0.3 is 0 Å². The zero-order chi connectivity index (χ0) is 10.3. The van der Waals surface area contributed by atoms with Gasteiger partial charge in [-0.1, -0.05) is 18.3 Å². The van der Waals surface area contributed by atoms with Crippen molar-refractivity contribution in [2.75, 3.05) is 0 Å². The standard InChI is InChI=1S/C11H10N2S2/c14-10-6-8(7-3-4-7)12-11(13-10)9-2-1-5-15-9/h1-2,5-7H,3-4H2,(H,12,13,14). The lowest BCUT2D eigenvalue weighted by atomic mass is 10.3. The fourth-order valence-electron chi connectivity index (χ4n) is 1.62. The predicted molar refractivity (Wildman–Crippen MR) is 64.7 cm³/mol. The maximum absolute atomic E-state index is 5.18. The SMILES string of the molecule is S=c1cc(C2CC2)[nH]c(-c2cccs2)n1. The Morgan fingerprint density at radius 2 is 2.33 bits per heavy atom. The van der Waals surface area contributed by atoms with Gasteiger partial charge in [0.25, 0.3) is 0 Å². The van der Waals surface area contributed by atoms with E-state index in [1.54, 1.807) is 11.3 Å². The predicted octanol–water partition coefficient (Wildman–Crippen LogP) is 3.75. The van der Waals surface area contributed by atoms with Crippen LogP contribution in [0, 0.1) is 4.64 Å². The Balaban J connectivity index is 2.11. The summed E-state index contributed by atoms with van der Waals surface area (Å²) in [6, 6.07) is 6.08. The Morgan fingerprint density at radius 3 is 3.00 bits per heavy atom. The second-order valence-corrected chi connectivity index (χ2v) is 5.14. The number of aromatic nitrogens is 2. The molecule has 0 spiro atoms. The molecule has 1 fully saturated rings. The normalized spacial score (nSPS) is 15.5. The summed E-state index contributed by atoms with van der Waals surface area (Å²) in [6.07, 6.45) is 2.55. The number of aromatic amines is 1. The molecule has 2 aromatic heterocycles. The zero-order valence-electron chi connectivity index (χ0n) is 8.06. The van der Waals surface area contributed by atoms with Gasteiger partial charge in [0, 0.05) is 5.69 Å². The molecule has 1 N–H and O–H groups in total. The van der Waals surface area contributed by atoms with Gasteiger partial charge in [-0.2, -0.15) is 0 Å². The quantitative estimate of drug-likeness (QED) is 0.802. The van der Waals surface area contributed by atoms with Crippen LogP contribution in [0.1, 0.15) is 24.5 Å². The Hall–Kier alpha value is -1.00. The number of nitrogens with zero attached hydrogens (tertiary/aromatic N) is 1. The molecule has 0 aliphatic heterocycles. The highest BCUT2D eigenvalue weighted by Gasteiger charge is 2.24. The van der Waals surface area contributed by atoms with Gasteiger partial charge in [-0.05, 0) is 36.3 Å². The molecule has 0 unspecified atom stereocenters. The lowest BCUT2D eigenvalue weighted by Gasteiger charge is -2.02. The number of hydrogen-bond acceptors (Lipinski definition) is 3. The molecule has 1 saturated carbocycles. The van der Waals surface area contributed by atoms with Crippen molar-refractivity contribution in [2.24, 2.45) is 0 Å². The summed E-state index contributed by atoms with van der Waals surface area (Å²) in [5, 5.41) is 2.05. The van der Waals surface area contributed by atoms with Crippen molar-refractivity contribution in [2.45, 2.75) is 18.8 Å². The third kappa shape index (κ3) is 1.87. The van der Waals surface area contributed by atoms with Gasteiger partial charge in [-0.3, -0.25) is 0 Å². The molecule has 3 rings (SSSR count). The number of rotatable bonds is 2. The fourth-order valence-corrected chi connectivity index (χ4v) is 2.51. The maximum atomic E-state index is 5.18. The van der Waals surface area contributed by atoms with E-state index in [-0.39, 0.29) is 0 Å². The van der Waals surface area contributed by atoms with Crippen LogP contribution in [-0.4, -0.2) is 9.97 Å². The number of nitrogens with one attached hydrogen (secondary N) is 1. The number of hydrogen-bond donors (Lipinski definition) is 1. The van der Waals surface area contributed by atoms with Gasteiger partial charge in [0.2, 0.25) is 0 Å². The lowest BCUT2D eigenvalue weighted by molar-refractivity contribution is 0.991. The van der Waals surface area contributed by atoms with Gasteiger partial charge in [0.1, 0.15) is 10.5 Å². The van der Waals surface area contributed by atoms with Gasteiger partial charge in [0.15, 0.2) is 0 Å². The van der Waals surface area contributed by atoms with Crippen molar-refractivity contribution in [3.8, 4) is 10.7 Å². The Bertz CT molecular complexity index is 524. The number of H-pyrrole nitrogens is 1. The monoisotopic (exact) mass is 234 g/mol. The van der Waals surface area contributed by atoms with Crippen LogP contribution >= 0.6 is 23.6 Å². The number of thiophene rings is 1. The van der Waals surface area contributed by atoms with Crippen molar-refractivity contribution < 1.29 is 0 Å². The molecule has 0 saturated heterocycles. The topological polar surface area (TPSA) is 28.7 Å². The minimum absolute atomic E-state index is 0.688. The van der Waals surface area contributed by atoms with Crippen LogP contribution in [0.2, 0.25) is 0 Å². The minimum Gasteiger partial charge on any atom is -0.342 e. The molecule has 0 aromatic carbocycles. The summed E-state index contributed by atoms with van der Waals surface area (Å²) in [5.41, 5.74) is 1.25. The average molecular weight is 234 g/mol. The van der Waals surface area contributed by atoms with Crippen molar-refractivity contribution in [3.63, 3.8) is 0 Å². The van der Waals surface area contributed by atoms with Crippen LogP contribution in [0.25, 0.3) is 10.7 Å². The second-order valence-electron chi connectivity index (χ2n) is 3.77. The van der Waals surface area contributed by atoms with Crippen LogP contribution in [0.4, 0.5) is 0 Å². The first-order valence-electron chi connectivity index (χ1n) is 4.98. The summed E-state index contributed by atoms with van der Waals surface area (Å²) in [7, 11) is 0. The third-order valence-electron chi connectivity index (χ3n) is 2.54. The van der Waals surface area contributed by atoms with Gasteiger partial charge < -0.3 is 4.98 Å². The van der Waals surface area contributed by atoms with E-state index < -0.39 is 0 Å². The van der Waals surface area contributed by atoms with E-state index in [9.17, 15) is 0 Å². The van der Waals surface area contributed by atoms with E-state index in [2.05, 4.69) is 21.4 Å². The maximum Gasteiger partial charge on any atom is 0.149 e. The molecule has 0 amide bonds. The molecule has 1 aliphatic rings. The van der Waals surface area contributed by atoms with Crippen LogP contribution in [0.5, 0.6) is 0 Å². The molecule has 0 bridgehead atoms. The van der Waals surface area contributed by atoms with Crippen molar-refractivity contribution in [1.82, 2.24) is 9.97 Å². The second kappa shape index (κ2) is 3.54. The van der Waals surface area contributed by atoms with E-state index in [1.165, 1.54) is 18.5 Å². The van der Waals surface area contributed by atoms with E-state index in [0.29, 0.717) is 10.6 Å². The Labute approximate surface area is 97.0 Å². The summed E-state index contributed by atoms with van der Waals surface area (Å²) < 4.78 is 0.694. The molecular weight excluding hydrogens is 224 g/mol. The highest BCUT2D eigenvalue weighted by Crippen LogP contribution is 2.39. The molecule has 2 heterocycles. The highest BCUT2D eigenvalue weighted by atomic mass is 32.1. The molecule has 2 aromatic rings. The Morgan fingerprint density at radius 1 is 1.47 bits per heavy atom. The highest BCUT2D eigenvalue weighted by molar-refractivity contribution is 7.71. The molecule has 2 nitrogen and oxygen atoms in total. The van der Waals surface area contributed by atoms with Gasteiger partial charge in [0.05, 0.1) is 4.88 Å². The van der Waals surface area contributed by atoms with Crippen molar-refractivity contribution in [1.29, 1.82) is 0 Å². The summed E-state index contributed by atoms with van der Waals surface area (Å²) in [6.45, 7) is 0. The summed E-state index contributed by atoms with van der Waals surface area (Å²) >= 11 is 6.87. The van der Waals surface area contributed by atoms with Crippen LogP contribution < -0.4 is 0 Å². The van der Waals surface area contributed by atoms with E-state index >= 15 is 0 Å².